The molecule has 1 N–H and O–H groups in total. The quantitative estimate of drug-likeness (QED) is 0.672. The molecule has 0 unspecified atom stereocenters. The van der Waals surface area contributed by atoms with Crippen LogP contribution in [0.4, 0.5) is 11.5 Å². The van der Waals surface area contributed by atoms with E-state index in [4.69, 9.17) is 5.26 Å². The molecule has 0 atom stereocenters. The summed E-state index contributed by atoms with van der Waals surface area (Å²) in [4.78, 5) is 14.1. The van der Waals surface area contributed by atoms with Crippen molar-refractivity contribution < 1.29 is 4.92 Å². The summed E-state index contributed by atoms with van der Waals surface area (Å²) in [6.07, 6.45) is 0.808. The van der Waals surface area contributed by atoms with Crippen LogP contribution in [0.3, 0.4) is 0 Å². The zero-order valence-corrected chi connectivity index (χ0v) is 11.5. The fraction of sp³-hybridized carbons (Fsp3) is 0.200. The van der Waals surface area contributed by atoms with Crippen molar-refractivity contribution in [2.24, 2.45) is 0 Å². The molecule has 0 spiro atoms. The Balaban J connectivity index is 2.01. The van der Waals surface area contributed by atoms with Crippen LogP contribution in [0.2, 0.25) is 0 Å². The van der Waals surface area contributed by atoms with Gasteiger partial charge in [-0.25, -0.2) is 4.98 Å². The van der Waals surface area contributed by atoms with Gasteiger partial charge in [-0.2, -0.15) is 5.26 Å². The summed E-state index contributed by atoms with van der Waals surface area (Å²) in [5, 5.41) is 22.7. The Morgan fingerprint density at radius 2 is 2.19 bits per heavy atom. The van der Waals surface area contributed by atoms with E-state index in [1.54, 1.807) is 6.07 Å². The van der Waals surface area contributed by atoms with E-state index in [1.165, 1.54) is 23.3 Å². The maximum Gasteiger partial charge on any atom is 0.305 e. The largest absolute Gasteiger partial charge is 0.370 e. The van der Waals surface area contributed by atoms with Crippen molar-refractivity contribution in [1.29, 1.82) is 5.26 Å². The molecule has 21 heavy (non-hydrogen) atoms. The predicted octanol–water partition coefficient (Wildman–Crippen LogP) is 2.82. The van der Waals surface area contributed by atoms with Gasteiger partial charge in [-0.05, 0) is 25.0 Å². The molecule has 0 aliphatic heterocycles. The highest BCUT2D eigenvalue weighted by Gasteiger charge is 2.15. The fourth-order valence-electron chi connectivity index (χ4n) is 1.98. The number of rotatable bonds is 5. The molecule has 0 bridgehead atoms. The highest BCUT2D eigenvalue weighted by Crippen LogP contribution is 2.18. The van der Waals surface area contributed by atoms with Crippen LogP contribution >= 0.6 is 0 Å². The molecule has 1 aromatic carbocycles. The van der Waals surface area contributed by atoms with Gasteiger partial charge in [0, 0.05) is 12.6 Å². The van der Waals surface area contributed by atoms with Crippen molar-refractivity contribution in [3.8, 4) is 6.07 Å². The van der Waals surface area contributed by atoms with E-state index in [0.29, 0.717) is 12.4 Å². The second-order valence-electron chi connectivity index (χ2n) is 4.60. The summed E-state index contributed by atoms with van der Waals surface area (Å²) in [7, 11) is 0. The molecular formula is C15H14N4O2. The minimum Gasteiger partial charge on any atom is -0.370 e. The molecule has 0 amide bonds. The van der Waals surface area contributed by atoms with Gasteiger partial charge in [0.1, 0.15) is 11.9 Å². The number of nitriles is 1. The van der Waals surface area contributed by atoms with Crippen molar-refractivity contribution in [2.45, 2.75) is 13.3 Å². The van der Waals surface area contributed by atoms with Crippen LogP contribution in [-0.4, -0.2) is 16.5 Å². The van der Waals surface area contributed by atoms with E-state index >= 15 is 0 Å². The lowest BCUT2D eigenvalue weighted by Crippen LogP contribution is -2.07. The standard InChI is InChI=1S/C15H14N4O2/c1-11-3-2-4-12(9-11)7-8-17-15-6-5-14(19(20)21)13(10-16)18-15/h2-6,9H,7-8H2,1H3,(H,17,18). The maximum atomic E-state index is 10.7. The van der Waals surface area contributed by atoms with Crippen molar-refractivity contribution in [3.05, 3.63) is 63.3 Å². The van der Waals surface area contributed by atoms with Crippen LogP contribution in [0, 0.1) is 28.4 Å². The average Bonchev–Trinajstić information content (AvgIpc) is 2.47. The van der Waals surface area contributed by atoms with Gasteiger partial charge in [-0.15, -0.1) is 0 Å². The predicted molar refractivity (Wildman–Crippen MR) is 79.0 cm³/mol. The zero-order valence-electron chi connectivity index (χ0n) is 11.5. The first-order valence-electron chi connectivity index (χ1n) is 6.45. The number of benzene rings is 1. The molecular weight excluding hydrogens is 268 g/mol. The molecule has 2 rings (SSSR count). The minimum absolute atomic E-state index is 0.180. The van der Waals surface area contributed by atoms with Crippen molar-refractivity contribution in [1.82, 2.24) is 4.98 Å². The van der Waals surface area contributed by atoms with Gasteiger partial charge in [0.15, 0.2) is 0 Å². The Bertz CT molecular complexity index is 707. The molecule has 6 nitrogen and oxygen atoms in total. The first kappa shape index (κ1) is 14.5. The van der Waals surface area contributed by atoms with Gasteiger partial charge in [0.05, 0.1) is 4.92 Å². The smallest absolute Gasteiger partial charge is 0.305 e. The molecule has 1 aromatic heterocycles. The van der Waals surface area contributed by atoms with E-state index in [-0.39, 0.29) is 11.4 Å². The van der Waals surface area contributed by atoms with Crippen molar-refractivity contribution in [2.75, 3.05) is 11.9 Å². The molecule has 6 heteroatoms. The van der Waals surface area contributed by atoms with Gasteiger partial charge < -0.3 is 5.32 Å². The average molecular weight is 282 g/mol. The number of aryl methyl sites for hydroxylation is 1. The number of hydrogen-bond donors (Lipinski definition) is 1. The van der Waals surface area contributed by atoms with E-state index in [0.717, 1.165) is 6.42 Å². The summed E-state index contributed by atoms with van der Waals surface area (Å²) in [6.45, 7) is 2.67. The summed E-state index contributed by atoms with van der Waals surface area (Å²) in [5.41, 5.74) is 1.94. The lowest BCUT2D eigenvalue weighted by molar-refractivity contribution is -0.385. The lowest BCUT2D eigenvalue weighted by Gasteiger charge is -2.06. The Labute approximate surface area is 122 Å². The third-order valence-corrected chi connectivity index (χ3v) is 2.98. The molecule has 1 heterocycles. The lowest BCUT2D eigenvalue weighted by atomic mass is 10.1. The highest BCUT2D eigenvalue weighted by atomic mass is 16.6. The van der Waals surface area contributed by atoms with Crippen LogP contribution in [-0.2, 0) is 6.42 Å². The van der Waals surface area contributed by atoms with Crippen LogP contribution in [0.5, 0.6) is 0 Å². The van der Waals surface area contributed by atoms with Crippen LogP contribution < -0.4 is 5.32 Å². The second-order valence-corrected chi connectivity index (χ2v) is 4.60. The first-order chi connectivity index (χ1) is 10.1. The molecule has 2 aromatic rings. The number of nitrogens with zero attached hydrogens (tertiary/aromatic N) is 3. The van der Waals surface area contributed by atoms with Crippen LogP contribution in [0.15, 0.2) is 36.4 Å². The summed E-state index contributed by atoms with van der Waals surface area (Å²) < 4.78 is 0. The van der Waals surface area contributed by atoms with Crippen molar-refractivity contribution in [3.63, 3.8) is 0 Å². The Morgan fingerprint density at radius 3 is 2.86 bits per heavy atom. The van der Waals surface area contributed by atoms with E-state index < -0.39 is 4.92 Å². The maximum absolute atomic E-state index is 10.7. The second kappa shape index (κ2) is 6.48. The highest BCUT2D eigenvalue weighted by molar-refractivity contribution is 5.50. The molecule has 0 aliphatic carbocycles. The van der Waals surface area contributed by atoms with Crippen molar-refractivity contribution >= 4 is 11.5 Å². The third-order valence-electron chi connectivity index (χ3n) is 2.98. The Morgan fingerprint density at radius 1 is 1.38 bits per heavy atom. The van der Waals surface area contributed by atoms with Crippen LogP contribution in [0.25, 0.3) is 0 Å². The Kier molecular flexibility index (Phi) is 4.46. The monoisotopic (exact) mass is 282 g/mol. The minimum atomic E-state index is -0.609. The van der Waals surface area contributed by atoms with E-state index in [9.17, 15) is 10.1 Å². The Hall–Kier alpha value is -2.94. The number of aromatic nitrogens is 1. The van der Waals surface area contributed by atoms with Crippen LogP contribution in [0.1, 0.15) is 16.8 Å². The SMILES string of the molecule is Cc1cccc(CCNc2ccc([N+](=O)[O-])c(C#N)n2)c1. The number of anilines is 1. The fourth-order valence-corrected chi connectivity index (χ4v) is 1.98. The molecule has 0 fully saturated rings. The van der Waals surface area contributed by atoms with Gasteiger partial charge in [-0.3, -0.25) is 10.1 Å². The molecule has 0 radical (unpaired) electrons. The van der Waals surface area contributed by atoms with E-state index in [1.807, 2.05) is 25.1 Å². The van der Waals surface area contributed by atoms with Gasteiger partial charge >= 0.3 is 5.69 Å². The van der Waals surface area contributed by atoms with E-state index in [2.05, 4.69) is 16.4 Å². The summed E-state index contributed by atoms with van der Waals surface area (Å²) in [5.74, 6) is 0.463. The van der Waals surface area contributed by atoms with Gasteiger partial charge in [0.2, 0.25) is 5.69 Å². The topological polar surface area (TPSA) is 91.9 Å². The molecule has 0 saturated carbocycles. The summed E-state index contributed by atoms with van der Waals surface area (Å²) in [6, 6.07) is 12.7. The number of hydrogen-bond acceptors (Lipinski definition) is 5. The number of pyridine rings is 1. The summed E-state index contributed by atoms with van der Waals surface area (Å²) >= 11 is 0. The number of nitrogens with one attached hydrogen (secondary N) is 1. The zero-order chi connectivity index (χ0) is 15.2. The molecule has 106 valence electrons. The molecule has 0 saturated heterocycles. The first-order valence-corrected chi connectivity index (χ1v) is 6.45. The number of nitro groups is 1. The molecule has 0 aliphatic rings. The normalized spacial score (nSPS) is 9.90. The third kappa shape index (κ3) is 3.76. The van der Waals surface area contributed by atoms with Gasteiger partial charge in [-0.1, -0.05) is 29.8 Å². The van der Waals surface area contributed by atoms with Gasteiger partial charge in [0.25, 0.3) is 0 Å².